The summed E-state index contributed by atoms with van der Waals surface area (Å²) >= 11 is 7.49. The van der Waals surface area contributed by atoms with E-state index in [1.807, 2.05) is 61.7 Å². The molecule has 1 aromatic heterocycles. The zero-order valence-corrected chi connectivity index (χ0v) is 23.2. The number of carbonyl (C=O) groups excluding carboxylic acids is 1. The van der Waals surface area contributed by atoms with Crippen LogP contribution < -0.4 is 5.32 Å². The Morgan fingerprint density at radius 3 is 2.56 bits per heavy atom. The van der Waals surface area contributed by atoms with Gasteiger partial charge in [-0.3, -0.25) is 4.79 Å². The molecule has 0 fully saturated rings. The molecule has 0 spiro atoms. The molecular weight excluding hydrogens is 536 g/mol. The van der Waals surface area contributed by atoms with Gasteiger partial charge in [0.1, 0.15) is 12.6 Å². The van der Waals surface area contributed by atoms with Crippen LogP contribution in [0.5, 0.6) is 0 Å². The first-order chi connectivity index (χ1) is 18.9. The van der Waals surface area contributed by atoms with Crippen LogP contribution in [0.1, 0.15) is 33.7 Å². The van der Waals surface area contributed by atoms with Crippen LogP contribution in [-0.4, -0.2) is 40.0 Å². The smallest absolute Gasteiger partial charge is 0.326 e. The van der Waals surface area contributed by atoms with Gasteiger partial charge in [-0.15, -0.1) is 0 Å². The van der Waals surface area contributed by atoms with Crippen LogP contribution in [0.15, 0.2) is 77.3 Å². The number of halogens is 1. The van der Waals surface area contributed by atoms with Gasteiger partial charge in [0.15, 0.2) is 5.76 Å². The number of hydrogen-bond acceptors (Lipinski definition) is 6. The predicted molar refractivity (Wildman–Crippen MR) is 154 cm³/mol. The lowest BCUT2D eigenvalue weighted by Crippen LogP contribution is -2.41. The Kier molecular flexibility index (Phi) is 9.81. The molecule has 0 radical (unpaired) electrons. The predicted octanol–water partition coefficient (Wildman–Crippen LogP) is 6.62. The van der Waals surface area contributed by atoms with Gasteiger partial charge in [0.2, 0.25) is 5.89 Å². The first kappa shape index (κ1) is 28.4. The minimum Gasteiger partial charge on any atom is -0.480 e. The molecule has 1 unspecified atom stereocenters. The molecule has 0 saturated carbocycles. The summed E-state index contributed by atoms with van der Waals surface area (Å²) in [4.78, 5) is 29.3. The Morgan fingerprint density at radius 2 is 1.85 bits per heavy atom. The third kappa shape index (κ3) is 7.50. The van der Waals surface area contributed by atoms with E-state index in [0.29, 0.717) is 40.0 Å². The zero-order valence-electron chi connectivity index (χ0n) is 21.6. The fraction of sp³-hybridized carbons (Fsp3) is 0.233. The molecular formula is C30H29ClN2O5S. The quantitative estimate of drug-likeness (QED) is 0.199. The molecule has 202 valence electrons. The van der Waals surface area contributed by atoms with E-state index in [2.05, 4.69) is 10.3 Å². The number of hydrogen-bond donors (Lipinski definition) is 2. The van der Waals surface area contributed by atoms with Crippen LogP contribution in [0.25, 0.3) is 22.6 Å². The number of carboxylic acid groups (broad SMARTS) is 1. The molecule has 1 heterocycles. The third-order valence-corrected chi connectivity index (χ3v) is 7.03. The number of aromatic nitrogens is 1. The van der Waals surface area contributed by atoms with Gasteiger partial charge in [-0.05, 0) is 84.0 Å². The van der Waals surface area contributed by atoms with Crippen LogP contribution in [-0.2, 0) is 22.7 Å². The first-order valence-electron chi connectivity index (χ1n) is 12.4. The van der Waals surface area contributed by atoms with Crippen LogP contribution in [0, 0.1) is 6.92 Å². The van der Waals surface area contributed by atoms with Crippen molar-refractivity contribution in [3.05, 3.63) is 100 Å². The molecule has 0 saturated heterocycles. The maximum absolute atomic E-state index is 13.2. The van der Waals surface area contributed by atoms with Crippen LogP contribution in [0.3, 0.4) is 0 Å². The van der Waals surface area contributed by atoms with Gasteiger partial charge in [0.05, 0.1) is 12.8 Å². The van der Waals surface area contributed by atoms with E-state index in [4.69, 9.17) is 20.8 Å². The van der Waals surface area contributed by atoms with Gasteiger partial charge >= 0.3 is 5.97 Å². The molecule has 4 aromatic rings. The van der Waals surface area contributed by atoms with E-state index in [0.717, 1.165) is 22.3 Å². The largest absolute Gasteiger partial charge is 0.480 e. The number of benzene rings is 3. The van der Waals surface area contributed by atoms with Crippen molar-refractivity contribution in [2.24, 2.45) is 0 Å². The highest BCUT2D eigenvalue weighted by Crippen LogP contribution is 2.29. The van der Waals surface area contributed by atoms with Crippen molar-refractivity contribution >= 4 is 35.2 Å². The molecule has 39 heavy (non-hydrogen) atoms. The molecule has 4 rings (SSSR count). The highest BCUT2D eigenvalue weighted by atomic mass is 35.5. The zero-order chi connectivity index (χ0) is 27.8. The normalized spacial score (nSPS) is 11.8. The van der Waals surface area contributed by atoms with Gasteiger partial charge in [-0.2, -0.15) is 11.8 Å². The molecule has 1 atom stereocenters. The van der Waals surface area contributed by atoms with E-state index >= 15 is 0 Å². The van der Waals surface area contributed by atoms with E-state index in [1.165, 1.54) is 11.8 Å². The number of oxazole rings is 1. The Bertz CT molecular complexity index is 1440. The SMILES string of the molecule is CSCCC(NC(=O)c1ccc(COCc2cnc(-c3ccc(Cl)cc3)o2)cc1-c1ccccc1C)C(=O)O. The maximum Gasteiger partial charge on any atom is 0.326 e. The van der Waals surface area contributed by atoms with Crippen LogP contribution in [0.4, 0.5) is 0 Å². The number of nitrogens with zero attached hydrogens (tertiary/aromatic N) is 1. The number of amides is 1. The number of rotatable bonds is 12. The second kappa shape index (κ2) is 13.5. The van der Waals surface area contributed by atoms with Crippen molar-refractivity contribution < 1.29 is 23.8 Å². The summed E-state index contributed by atoms with van der Waals surface area (Å²) in [5.74, 6) is 0.224. The highest BCUT2D eigenvalue weighted by molar-refractivity contribution is 7.98. The number of nitrogens with one attached hydrogen (secondary N) is 1. The number of carboxylic acids is 1. The number of ether oxygens (including phenoxy) is 1. The van der Waals surface area contributed by atoms with Gasteiger partial charge in [-0.25, -0.2) is 9.78 Å². The minimum absolute atomic E-state index is 0.220. The van der Waals surface area contributed by atoms with Crippen LogP contribution >= 0.6 is 23.4 Å². The van der Waals surface area contributed by atoms with Crippen molar-refractivity contribution in [1.82, 2.24) is 10.3 Å². The average molecular weight is 565 g/mol. The second-order valence-electron chi connectivity index (χ2n) is 8.97. The van der Waals surface area contributed by atoms with Gasteiger partial charge < -0.3 is 19.6 Å². The Balaban J connectivity index is 1.50. The summed E-state index contributed by atoms with van der Waals surface area (Å²) in [6.07, 6.45) is 3.88. The van der Waals surface area contributed by atoms with E-state index in [1.54, 1.807) is 24.4 Å². The summed E-state index contributed by atoms with van der Waals surface area (Å²) in [6, 6.07) is 19.5. The van der Waals surface area contributed by atoms with Gasteiger partial charge in [0, 0.05) is 16.1 Å². The molecule has 0 aliphatic heterocycles. The van der Waals surface area contributed by atoms with Crippen molar-refractivity contribution in [3.63, 3.8) is 0 Å². The number of aliphatic carboxylic acids is 1. The molecule has 1 amide bonds. The minimum atomic E-state index is -1.05. The van der Waals surface area contributed by atoms with Gasteiger partial charge in [0.25, 0.3) is 5.91 Å². The molecule has 9 heteroatoms. The lowest BCUT2D eigenvalue weighted by atomic mass is 9.93. The molecule has 0 bridgehead atoms. The maximum atomic E-state index is 13.2. The van der Waals surface area contributed by atoms with E-state index in [9.17, 15) is 14.7 Å². The standard InChI is InChI=1S/C30H29ClN2O5S/c1-19-5-3-4-6-24(19)26-15-20(7-12-25(26)28(34)33-27(30(35)36)13-14-39-2)17-37-18-23-16-32-29(38-23)21-8-10-22(31)11-9-21/h3-12,15-16,27H,13-14,17-18H2,1-2H3,(H,33,34)(H,35,36). The van der Waals surface area contributed by atoms with Gasteiger partial charge in [-0.1, -0.05) is 41.9 Å². The fourth-order valence-corrected chi connectivity index (χ4v) is 4.67. The number of thioether (sulfide) groups is 1. The highest BCUT2D eigenvalue weighted by Gasteiger charge is 2.23. The summed E-state index contributed by atoms with van der Waals surface area (Å²) in [5, 5.41) is 12.9. The lowest BCUT2D eigenvalue weighted by molar-refractivity contribution is -0.139. The first-order valence-corrected chi connectivity index (χ1v) is 14.1. The lowest BCUT2D eigenvalue weighted by Gasteiger charge is -2.17. The monoisotopic (exact) mass is 564 g/mol. The molecule has 2 N–H and O–H groups in total. The second-order valence-corrected chi connectivity index (χ2v) is 10.4. The fourth-order valence-electron chi connectivity index (χ4n) is 4.08. The average Bonchev–Trinajstić information content (AvgIpc) is 3.40. The topological polar surface area (TPSA) is 102 Å². The molecule has 0 aliphatic carbocycles. The Hall–Kier alpha value is -3.59. The van der Waals surface area contributed by atoms with Crippen molar-refractivity contribution in [2.75, 3.05) is 12.0 Å². The Labute approximate surface area is 236 Å². The molecule has 3 aromatic carbocycles. The molecule has 7 nitrogen and oxygen atoms in total. The van der Waals surface area contributed by atoms with Crippen molar-refractivity contribution in [1.29, 1.82) is 0 Å². The van der Waals surface area contributed by atoms with Crippen LogP contribution in [0.2, 0.25) is 5.02 Å². The Morgan fingerprint density at radius 1 is 1.08 bits per heavy atom. The number of aryl methyl sites for hydroxylation is 1. The van der Waals surface area contributed by atoms with Crippen molar-refractivity contribution in [3.8, 4) is 22.6 Å². The van der Waals surface area contributed by atoms with E-state index < -0.39 is 17.9 Å². The summed E-state index contributed by atoms with van der Waals surface area (Å²) in [7, 11) is 0. The summed E-state index contributed by atoms with van der Waals surface area (Å²) < 4.78 is 11.7. The summed E-state index contributed by atoms with van der Waals surface area (Å²) in [6.45, 7) is 2.47. The van der Waals surface area contributed by atoms with Crippen molar-refractivity contribution in [2.45, 2.75) is 32.6 Å². The van der Waals surface area contributed by atoms with E-state index in [-0.39, 0.29) is 13.2 Å². The molecule has 0 aliphatic rings. The summed E-state index contributed by atoms with van der Waals surface area (Å²) in [5.41, 5.74) is 4.69. The number of carbonyl (C=O) groups is 2. The third-order valence-electron chi connectivity index (χ3n) is 6.14.